The van der Waals surface area contributed by atoms with Gasteiger partial charge >= 0.3 is 5.97 Å². The summed E-state index contributed by atoms with van der Waals surface area (Å²) in [7, 11) is 1.41. The second-order valence-corrected chi connectivity index (χ2v) is 4.47. The summed E-state index contributed by atoms with van der Waals surface area (Å²) in [5, 5.41) is 3.13. The number of carbonyl (C=O) groups is 1. The molecule has 0 amide bonds. The zero-order valence-electron chi connectivity index (χ0n) is 7.71. The molecule has 0 saturated carbocycles. The van der Waals surface area contributed by atoms with Gasteiger partial charge in [0, 0.05) is 15.7 Å². The van der Waals surface area contributed by atoms with Crippen molar-refractivity contribution in [2.45, 2.75) is 12.5 Å². The van der Waals surface area contributed by atoms with Crippen LogP contribution in [0.2, 0.25) is 0 Å². The molecule has 3 nitrogen and oxygen atoms in total. The van der Waals surface area contributed by atoms with E-state index >= 15 is 0 Å². The molecule has 1 aliphatic rings. The lowest BCUT2D eigenvalue weighted by atomic mass is 10.1. The smallest absolute Gasteiger partial charge is 0.328 e. The van der Waals surface area contributed by atoms with E-state index in [1.165, 1.54) is 16.2 Å². The zero-order chi connectivity index (χ0) is 10.1. The summed E-state index contributed by atoms with van der Waals surface area (Å²) in [4.78, 5) is 11.3. The van der Waals surface area contributed by atoms with Crippen molar-refractivity contribution in [3.63, 3.8) is 0 Å². The topological polar surface area (TPSA) is 38.3 Å². The van der Waals surface area contributed by atoms with E-state index in [0.29, 0.717) is 0 Å². The number of nitrogens with one attached hydrogen (secondary N) is 1. The Bertz CT molecular complexity index is 378. The lowest BCUT2D eigenvalue weighted by molar-refractivity contribution is -0.141. The first-order valence-corrected chi connectivity index (χ1v) is 5.41. The molecule has 1 aliphatic heterocycles. The highest BCUT2D eigenvalue weighted by molar-refractivity contribution is 14.1. The van der Waals surface area contributed by atoms with Gasteiger partial charge in [0.15, 0.2) is 0 Å². The number of rotatable bonds is 1. The van der Waals surface area contributed by atoms with Crippen molar-refractivity contribution in [3.05, 3.63) is 27.3 Å². The van der Waals surface area contributed by atoms with Crippen LogP contribution in [-0.4, -0.2) is 19.1 Å². The van der Waals surface area contributed by atoms with Crippen LogP contribution in [0.15, 0.2) is 18.2 Å². The molecule has 2 rings (SSSR count). The van der Waals surface area contributed by atoms with Gasteiger partial charge in [0.25, 0.3) is 0 Å². The normalized spacial score (nSPS) is 18.6. The van der Waals surface area contributed by atoms with Gasteiger partial charge in [0.05, 0.1) is 7.11 Å². The Balaban J connectivity index is 2.22. The molecule has 1 N–H and O–H groups in total. The first-order chi connectivity index (χ1) is 6.70. The molecule has 74 valence electrons. The number of halogens is 1. The maximum absolute atomic E-state index is 11.3. The molecule has 0 radical (unpaired) electrons. The number of fused-ring (bicyclic) bond motifs is 1. The number of esters is 1. The molecule has 1 aromatic rings. The summed E-state index contributed by atoms with van der Waals surface area (Å²) in [6.07, 6.45) is 0.721. The summed E-state index contributed by atoms with van der Waals surface area (Å²) in [5.74, 6) is -0.198. The molecule has 4 heteroatoms. The van der Waals surface area contributed by atoms with Crippen LogP contribution in [0.1, 0.15) is 5.56 Å². The molecule has 0 bridgehead atoms. The second kappa shape index (κ2) is 3.76. The molecule has 1 aromatic carbocycles. The lowest BCUT2D eigenvalue weighted by Gasteiger charge is -2.07. The van der Waals surface area contributed by atoms with Crippen LogP contribution in [0.5, 0.6) is 0 Å². The fourth-order valence-electron chi connectivity index (χ4n) is 1.62. The van der Waals surface area contributed by atoms with Crippen molar-refractivity contribution in [1.29, 1.82) is 0 Å². The molecule has 0 aliphatic carbocycles. The quantitative estimate of drug-likeness (QED) is 0.635. The fraction of sp³-hybridized carbons (Fsp3) is 0.300. The summed E-state index contributed by atoms with van der Waals surface area (Å²) in [6.45, 7) is 0. The van der Waals surface area contributed by atoms with Gasteiger partial charge in [-0.05, 0) is 46.4 Å². The van der Waals surface area contributed by atoms with Crippen LogP contribution in [0, 0.1) is 3.57 Å². The highest BCUT2D eigenvalue weighted by Crippen LogP contribution is 2.27. The van der Waals surface area contributed by atoms with E-state index < -0.39 is 0 Å². The molecule has 0 spiro atoms. The number of ether oxygens (including phenoxy) is 1. The Morgan fingerprint density at radius 2 is 2.43 bits per heavy atom. The number of anilines is 1. The van der Waals surface area contributed by atoms with Crippen LogP contribution < -0.4 is 5.32 Å². The molecular formula is C10H10INO2. The SMILES string of the molecule is COC(=O)[C@@H]1Cc2cc(I)ccc2N1. The molecule has 14 heavy (non-hydrogen) atoms. The number of benzene rings is 1. The molecule has 0 unspecified atom stereocenters. The number of carbonyl (C=O) groups excluding carboxylic acids is 1. The predicted molar refractivity (Wildman–Crippen MR) is 62.3 cm³/mol. The number of hydrogen-bond donors (Lipinski definition) is 1. The second-order valence-electron chi connectivity index (χ2n) is 3.23. The van der Waals surface area contributed by atoms with Crippen molar-refractivity contribution >= 4 is 34.2 Å². The summed E-state index contributed by atoms with van der Waals surface area (Å²) in [5.41, 5.74) is 2.23. The predicted octanol–water partition coefficient (Wildman–Crippen LogP) is 1.80. The van der Waals surface area contributed by atoms with E-state index in [4.69, 9.17) is 4.74 Å². The Hall–Kier alpha value is -0.780. The Morgan fingerprint density at radius 3 is 3.14 bits per heavy atom. The van der Waals surface area contributed by atoms with E-state index in [2.05, 4.69) is 34.0 Å². The van der Waals surface area contributed by atoms with Crippen LogP contribution in [0.25, 0.3) is 0 Å². The molecule has 0 saturated heterocycles. The highest BCUT2D eigenvalue weighted by Gasteiger charge is 2.27. The molecule has 0 aromatic heterocycles. The number of hydrogen-bond acceptors (Lipinski definition) is 3. The first kappa shape index (κ1) is 9.76. The van der Waals surface area contributed by atoms with Crippen LogP contribution >= 0.6 is 22.6 Å². The minimum Gasteiger partial charge on any atom is -0.467 e. The van der Waals surface area contributed by atoms with E-state index in [1.807, 2.05) is 12.1 Å². The largest absolute Gasteiger partial charge is 0.467 e. The van der Waals surface area contributed by atoms with Gasteiger partial charge < -0.3 is 10.1 Å². The monoisotopic (exact) mass is 303 g/mol. The van der Waals surface area contributed by atoms with Gasteiger partial charge in [-0.1, -0.05) is 0 Å². The summed E-state index contributed by atoms with van der Waals surface area (Å²) >= 11 is 2.26. The van der Waals surface area contributed by atoms with Gasteiger partial charge in [-0.25, -0.2) is 4.79 Å². The third-order valence-corrected chi connectivity index (χ3v) is 2.98. The van der Waals surface area contributed by atoms with Gasteiger partial charge in [-0.2, -0.15) is 0 Å². The maximum atomic E-state index is 11.3. The Morgan fingerprint density at radius 1 is 1.64 bits per heavy atom. The summed E-state index contributed by atoms with van der Waals surface area (Å²) in [6, 6.07) is 5.89. The third-order valence-electron chi connectivity index (χ3n) is 2.31. The van der Waals surface area contributed by atoms with Crippen LogP contribution in [-0.2, 0) is 16.0 Å². The van der Waals surface area contributed by atoms with Crippen molar-refractivity contribution in [2.75, 3.05) is 12.4 Å². The van der Waals surface area contributed by atoms with Gasteiger partial charge in [0.1, 0.15) is 6.04 Å². The maximum Gasteiger partial charge on any atom is 0.328 e. The van der Waals surface area contributed by atoms with E-state index in [9.17, 15) is 4.79 Å². The van der Waals surface area contributed by atoms with E-state index in [-0.39, 0.29) is 12.0 Å². The standard InChI is InChI=1S/C10H10INO2/c1-14-10(13)9-5-6-4-7(11)2-3-8(6)12-9/h2-4,9,12H,5H2,1H3/t9-/m0/s1. The van der Waals surface area contributed by atoms with Crippen molar-refractivity contribution in [2.24, 2.45) is 0 Å². The van der Waals surface area contributed by atoms with Gasteiger partial charge in [0.2, 0.25) is 0 Å². The van der Waals surface area contributed by atoms with Crippen LogP contribution in [0.4, 0.5) is 5.69 Å². The van der Waals surface area contributed by atoms with Crippen molar-refractivity contribution in [1.82, 2.24) is 0 Å². The number of methoxy groups -OCH3 is 1. The molecule has 1 atom stereocenters. The Kier molecular flexibility index (Phi) is 2.62. The average molecular weight is 303 g/mol. The lowest BCUT2D eigenvalue weighted by Crippen LogP contribution is -2.27. The minimum atomic E-state index is -0.215. The fourth-order valence-corrected chi connectivity index (χ4v) is 2.17. The van der Waals surface area contributed by atoms with Gasteiger partial charge in [-0.15, -0.1) is 0 Å². The van der Waals surface area contributed by atoms with E-state index in [1.54, 1.807) is 0 Å². The van der Waals surface area contributed by atoms with Gasteiger partial charge in [-0.3, -0.25) is 0 Å². The minimum absolute atomic E-state index is 0.198. The Labute approximate surface area is 96.0 Å². The van der Waals surface area contributed by atoms with E-state index in [0.717, 1.165) is 12.1 Å². The van der Waals surface area contributed by atoms with Crippen molar-refractivity contribution in [3.8, 4) is 0 Å². The third kappa shape index (κ3) is 1.70. The molecular weight excluding hydrogens is 293 g/mol. The van der Waals surface area contributed by atoms with Crippen LogP contribution in [0.3, 0.4) is 0 Å². The highest BCUT2D eigenvalue weighted by atomic mass is 127. The molecule has 0 fully saturated rings. The molecule has 1 heterocycles. The first-order valence-electron chi connectivity index (χ1n) is 4.33. The zero-order valence-corrected chi connectivity index (χ0v) is 9.87. The summed E-state index contributed by atoms with van der Waals surface area (Å²) < 4.78 is 5.88. The van der Waals surface area contributed by atoms with Crippen molar-refractivity contribution < 1.29 is 9.53 Å². The average Bonchev–Trinajstić information content (AvgIpc) is 2.59.